The predicted octanol–water partition coefficient (Wildman–Crippen LogP) is 4.10. The lowest BCUT2D eigenvalue weighted by Gasteiger charge is -2.21. The second-order valence-corrected chi connectivity index (χ2v) is 10.2. The number of rotatable bonds is 6. The number of fused-ring (bicyclic) bond motifs is 1. The number of carbonyl (C=O) groups excluding carboxylic acids is 1. The molecule has 37 heavy (non-hydrogen) atoms. The van der Waals surface area contributed by atoms with Crippen molar-refractivity contribution in [2.24, 2.45) is 0 Å². The molecule has 0 fully saturated rings. The Hall–Kier alpha value is -4.38. The van der Waals surface area contributed by atoms with E-state index in [2.05, 4.69) is 15.3 Å². The molecule has 0 saturated heterocycles. The zero-order chi connectivity index (χ0) is 26.2. The number of nitrogens with zero attached hydrogens (tertiary/aromatic N) is 3. The number of anilines is 2. The van der Waals surface area contributed by atoms with Crippen molar-refractivity contribution in [3.8, 4) is 22.8 Å². The Balaban J connectivity index is 1.57. The van der Waals surface area contributed by atoms with Crippen LogP contribution in [0.3, 0.4) is 0 Å². The zero-order valence-electron chi connectivity index (χ0n) is 20.4. The van der Waals surface area contributed by atoms with Gasteiger partial charge in [-0.3, -0.25) is 0 Å². The Bertz CT molecular complexity index is 1600. The van der Waals surface area contributed by atoms with Crippen LogP contribution in [0.25, 0.3) is 11.3 Å². The first-order chi connectivity index (χ1) is 17.8. The molecule has 0 radical (unpaired) electrons. The Morgan fingerprint density at radius 1 is 1.08 bits per heavy atom. The SMILES string of the molecule is COC(=O)c1cc(-c2nc(Nc3cccc4c3OCCO4)ncc2C)cn1S(=O)(=O)c1ccc(C)cc1. The number of hydrogen-bond acceptors (Lipinski definition) is 9. The number of benzene rings is 2. The molecule has 0 aliphatic carbocycles. The van der Waals surface area contributed by atoms with E-state index in [0.717, 1.165) is 9.54 Å². The summed E-state index contributed by atoms with van der Waals surface area (Å²) in [5, 5.41) is 3.14. The van der Waals surface area contributed by atoms with Crippen LogP contribution in [0.2, 0.25) is 0 Å². The largest absolute Gasteiger partial charge is 0.486 e. The summed E-state index contributed by atoms with van der Waals surface area (Å²) in [5.41, 5.74) is 2.93. The van der Waals surface area contributed by atoms with E-state index < -0.39 is 16.0 Å². The molecule has 0 bridgehead atoms. The maximum absolute atomic E-state index is 13.4. The van der Waals surface area contributed by atoms with Crippen LogP contribution in [0.5, 0.6) is 11.5 Å². The van der Waals surface area contributed by atoms with Crippen molar-refractivity contribution in [2.75, 3.05) is 25.6 Å². The fourth-order valence-electron chi connectivity index (χ4n) is 3.94. The predicted molar refractivity (Wildman–Crippen MR) is 136 cm³/mol. The molecule has 1 aliphatic rings. The van der Waals surface area contributed by atoms with Gasteiger partial charge in [-0.1, -0.05) is 23.8 Å². The molecule has 0 spiro atoms. The molecule has 5 rings (SSSR count). The standard InChI is InChI=1S/C26H24N4O6S/c1-16-7-9-19(10-8-16)37(32,33)30-15-18(13-21(30)25(31)34-3)23-17(2)14-27-26(29-23)28-20-5-4-6-22-24(20)36-12-11-35-22/h4-10,13-15H,11-12H2,1-3H3,(H,27,28,29). The van der Waals surface area contributed by atoms with Gasteiger partial charge in [0.15, 0.2) is 11.5 Å². The molecular weight excluding hydrogens is 496 g/mol. The van der Waals surface area contributed by atoms with E-state index in [4.69, 9.17) is 14.2 Å². The first-order valence-electron chi connectivity index (χ1n) is 11.4. The smallest absolute Gasteiger partial charge is 0.355 e. The van der Waals surface area contributed by atoms with Crippen molar-refractivity contribution in [1.29, 1.82) is 0 Å². The number of aryl methyl sites for hydroxylation is 2. The lowest BCUT2D eigenvalue weighted by Crippen LogP contribution is -2.18. The zero-order valence-corrected chi connectivity index (χ0v) is 21.2. The van der Waals surface area contributed by atoms with Crippen LogP contribution in [-0.4, -0.2) is 48.7 Å². The van der Waals surface area contributed by atoms with Gasteiger partial charge in [-0.05, 0) is 49.7 Å². The molecule has 1 N–H and O–H groups in total. The summed E-state index contributed by atoms with van der Waals surface area (Å²) >= 11 is 0. The highest BCUT2D eigenvalue weighted by atomic mass is 32.2. The molecule has 0 saturated carbocycles. The van der Waals surface area contributed by atoms with Gasteiger partial charge in [-0.15, -0.1) is 0 Å². The Morgan fingerprint density at radius 3 is 2.59 bits per heavy atom. The lowest BCUT2D eigenvalue weighted by atomic mass is 10.1. The van der Waals surface area contributed by atoms with Crippen molar-refractivity contribution < 1.29 is 27.4 Å². The second kappa shape index (κ2) is 9.58. The topological polar surface area (TPSA) is 122 Å². The summed E-state index contributed by atoms with van der Waals surface area (Å²) in [7, 11) is -2.89. The van der Waals surface area contributed by atoms with E-state index in [9.17, 15) is 13.2 Å². The van der Waals surface area contributed by atoms with E-state index in [0.29, 0.717) is 47.2 Å². The van der Waals surface area contributed by atoms with Gasteiger partial charge >= 0.3 is 5.97 Å². The van der Waals surface area contributed by atoms with Gasteiger partial charge in [-0.2, -0.15) is 0 Å². The lowest BCUT2D eigenvalue weighted by molar-refractivity contribution is 0.0593. The second-order valence-electron chi connectivity index (χ2n) is 8.40. The molecule has 0 unspecified atom stereocenters. The number of ether oxygens (including phenoxy) is 3. The first kappa shape index (κ1) is 24.3. The van der Waals surface area contributed by atoms with Crippen molar-refractivity contribution >= 4 is 27.6 Å². The molecule has 11 heteroatoms. The fourth-order valence-corrected chi connectivity index (χ4v) is 5.28. The van der Waals surface area contributed by atoms with Gasteiger partial charge < -0.3 is 19.5 Å². The van der Waals surface area contributed by atoms with E-state index >= 15 is 0 Å². The summed E-state index contributed by atoms with van der Waals surface area (Å²) in [5.74, 6) is 0.643. The minimum Gasteiger partial charge on any atom is -0.486 e. The number of methoxy groups -OCH3 is 1. The summed E-state index contributed by atoms with van der Waals surface area (Å²) in [6.07, 6.45) is 2.98. The summed E-state index contributed by atoms with van der Waals surface area (Å²) in [6, 6.07) is 13.3. The highest BCUT2D eigenvalue weighted by Crippen LogP contribution is 2.38. The number of nitrogens with one attached hydrogen (secondary N) is 1. The van der Waals surface area contributed by atoms with Gasteiger partial charge in [0.05, 0.1) is 23.4 Å². The number of esters is 1. The quantitative estimate of drug-likeness (QED) is 0.375. The third-order valence-electron chi connectivity index (χ3n) is 5.82. The van der Waals surface area contributed by atoms with Crippen LogP contribution >= 0.6 is 0 Å². The Morgan fingerprint density at radius 2 is 1.84 bits per heavy atom. The van der Waals surface area contributed by atoms with Gasteiger partial charge in [0, 0.05) is 18.0 Å². The third kappa shape index (κ3) is 4.60. The maximum atomic E-state index is 13.4. The van der Waals surface area contributed by atoms with Gasteiger partial charge in [-0.25, -0.2) is 27.2 Å². The van der Waals surface area contributed by atoms with E-state index in [1.807, 2.05) is 25.1 Å². The van der Waals surface area contributed by atoms with Crippen LogP contribution in [-0.2, 0) is 14.8 Å². The minimum atomic E-state index is -4.08. The number of hydrogen-bond donors (Lipinski definition) is 1. The molecule has 10 nitrogen and oxygen atoms in total. The maximum Gasteiger partial charge on any atom is 0.355 e. The average molecular weight is 521 g/mol. The van der Waals surface area contributed by atoms with E-state index in [-0.39, 0.29) is 16.5 Å². The van der Waals surface area contributed by atoms with Gasteiger partial charge in [0.25, 0.3) is 10.0 Å². The molecule has 2 aromatic heterocycles. The number of para-hydroxylation sites is 1. The monoisotopic (exact) mass is 520 g/mol. The molecule has 190 valence electrons. The van der Waals surface area contributed by atoms with Gasteiger partial charge in [0.1, 0.15) is 18.9 Å². The van der Waals surface area contributed by atoms with Crippen LogP contribution in [0.15, 0.2) is 65.8 Å². The van der Waals surface area contributed by atoms with Crippen LogP contribution in [0.4, 0.5) is 11.6 Å². The Kier molecular flexibility index (Phi) is 6.30. The molecule has 2 aromatic carbocycles. The number of aromatic nitrogens is 3. The molecule has 4 aromatic rings. The molecule has 1 aliphatic heterocycles. The summed E-state index contributed by atoms with van der Waals surface area (Å²) < 4.78 is 44.1. The number of carbonyl (C=O) groups is 1. The van der Waals surface area contributed by atoms with Gasteiger partial charge in [0.2, 0.25) is 5.95 Å². The molecule has 0 amide bonds. The van der Waals surface area contributed by atoms with Crippen LogP contribution in [0.1, 0.15) is 21.6 Å². The third-order valence-corrected chi connectivity index (χ3v) is 7.50. The van der Waals surface area contributed by atoms with Crippen molar-refractivity contribution in [1.82, 2.24) is 13.9 Å². The van der Waals surface area contributed by atoms with Crippen LogP contribution < -0.4 is 14.8 Å². The average Bonchev–Trinajstić information content (AvgIpc) is 3.36. The molecule has 0 atom stereocenters. The minimum absolute atomic E-state index is 0.0447. The van der Waals surface area contributed by atoms with E-state index in [1.54, 1.807) is 25.3 Å². The Labute approximate surface area is 213 Å². The summed E-state index contributed by atoms with van der Waals surface area (Å²) in [6.45, 7) is 4.54. The van der Waals surface area contributed by atoms with Crippen molar-refractivity contribution in [2.45, 2.75) is 18.7 Å². The highest BCUT2D eigenvalue weighted by Gasteiger charge is 2.26. The first-order valence-corrected chi connectivity index (χ1v) is 12.8. The molecular formula is C26H24N4O6S. The highest BCUT2D eigenvalue weighted by molar-refractivity contribution is 7.90. The van der Waals surface area contributed by atoms with Crippen molar-refractivity contribution in [3.05, 3.63) is 77.7 Å². The van der Waals surface area contributed by atoms with Crippen LogP contribution in [0, 0.1) is 13.8 Å². The van der Waals surface area contributed by atoms with E-state index in [1.165, 1.54) is 31.5 Å². The fraction of sp³-hybridized carbons (Fsp3) is 0.192. The van der Waals surface area contributed by atoms with Crippen molar-refractivity contribution in [3.63, 3.8) is 0 Å². The summed E-state index contributed by atoms with van der Waals surface area (Å²) in [4.78, 5) is 21.6. The molecule has 3 heterocycles. The normalized spacial score (nSPS) is 12.7.